The van der Waals surface area contributed by atoms with Gasteiger partial charge in [0.1, 0.15) is 0 Å². The van der Waals surface area contributed by atoms with E-state index in [2.05, 4.69) is 25.7 Å². The van der Waals surface area contributed by atoms with E-state index >= 15 is 0 Å². The van der Waals surface area contributed by atoms with Crippen LogP contribution in [0.25, 0.3) is 0 Å². The van der Waals surface area contributed by atoms with Crippen molar-refractivity contribution in [3.05, 3.63) is 59.4 Å². The van der Waals surface area contributed by atoms with E-state index in [9.17, 15) is 9.18 Å². The molecule has 1 atom stereocenters. The second kappa shape index (κ2) is 9.73. The van der Waals surface area contributed by atoms with E-state index in [0.29, 0.717) is 36.5 Å². The molecule has 4 rings (SSSR count). The first-order valence-corrected chi connectivity index (χ1v) is 10.4. The van der Waals surface area contributed by atoms with E-state index in [1.165, 1.54) is 20.2 Å². The van der Waals surface area contributed by atoms with Crippen LogP contribution in [-0.4, -0.2) is 53.0 Å². The van der Waals surface area contributed by atoms with Crippen molar-refractivity contribution in [3.63, 3.8) is 0 Å². The lowest BCUT2D eigenvalue weighted by Crippen LogP contribution is -2.18. The van der Waals surface area contributed by atoms with E-state index in [4.69, 9.17) is 9.47 Å². The molecule has 10 heteroatoms. The van der Waals surface area contributed by atoms with Gasteiger partial charge in [-0.3, -0.25) is 9.48 Å². The minimum atomic E-state index is -0.468. The van der Waals surface area contributed by atoms with Gasteiger partial charge in [-0.1, -0.05) is 0 Å². The number of anilines is 2. The molecule has 9 nitrogen and oxygen atoms in total. The standard InChI is InChI=1S/C22H25FN6O3/c1-24-21(30)16-7-15(20(23)19(8-16)31-2)4-3-14-9-25-22(26-10-14)28-17-11-27-29(12-17)18-5-6-32-13-18/h7-12,18H,3-6,13H2,1-2H3,(H,24,30)(H,25,26,28). The molecule has 0 spiro atoms. The maximum absolute atomic E-state index is 14.6. The van der Waals surface area contributed by atoms with Crippen LogP contribution in [0, 0.1) is 5.82 Å². The number of aryl methyl sites for hydroxylation is 2. The quantitative estimate of drug-likeness (QED) is 0.555. The Morgan fingerprint density at radius 3 is 2.78 bits per heavy atom. The van der Waals surface area contributed by atoms with E-state index in [0.717, 1.165) is 24.3 Å². The van der Waals surface area contributed by atoms with Crippen LogP contribution in [0.4, 0.5) is 16.0 Å². The number of nitrogens with one attached hydrogen (secondary N) is 2. The zero-order valence-electron chi connectivity index (χ0n) is 18.0. The number of ether oxygens (including phenoxy) is 2. The first-order chi connectivity index (χ1) is 15.6. The van der Waals surface area contributed by atoms with Gasteiger partial charge in [0.05, 0.1) is 31.6 Å². The number of nitrogens with zero attached hydrogens (tertiary/aromatic N) is 4. The maximum Gasteiger partial charge on any atom is 0.251 e. The van der Waals surface area contributed by atoms with Crippen molar-refractivity contribution in [2.45, 2.75) is 25.3 Å². The van der Waals surface area contributed by atoms with Gasteiger partial charge in [-0.25, -0.2) is 14.4 Å². The molecular formula is C22H25FN6O3. The molecular weight excluding hydrogens is 415 g/mol. The molecule has 0 radical (unpaired) electrons. The lowest BCUT2D eigenvalue weighted by atomic mass is 10.0. The molecule has 3 heterocycles. The highest BCUT2D eigenvalue weighted by Gasteiger charge is 2.18. The predicted molar refractivity (Wildman–Crippen MR) is 116 cm³/mol. The topological polar surface area (TPSA) is 103 Å². The molecule has 1 fully saturated rings. The summed E-state index contributed by atoms with van der Waals surface area (Å²) >= 11 is 0. The highest BCUT2D eigenvalue weighted by Crippen LogP contribution is 2.25. The number of carbonyl (C=O) groups excluding carboxylic acids is 1. The van der Waals surface area contributed by atoms with Gasteiger partial charge in [0, 0.05) is 37.8 Å². The summed E-state index contributed by atoms with van der Waals surface area (Å²) in [5.41, 5.74) is 2.39. The molecule has 1 saturated heterocycles. The fourth-order valence-electron chi connectivity index (χ4n) is 3.55. The molecule has 2 aromatic heterocycles. The number of halogens is 1. The van der Waals surface area contributed by atoms with Gasteiger partial charge >= 0.3 is 0 Å². The monoisotopic (exact) mass is 440 g/mol. The van der Waals surface area contributed by atoms with Gasteiger partial charge in [0.15, 0.2) is 11.6 Å². The summed E-state index contributed by atoms with van der Waals surface area (Å²) in [5.74, 6) is -0.275. The summed E-state index contributed by atoms with van der Waals surface area (Å²) in [6, 6.07) is 3.19. The van der Waals surface area contributed by atoms with E-state index in [1.54, 1.807) is 24.7 Å². The molecule has 32 heavy (non-hydrogen) atoms. The van der Waals surface area contributed by atoms with Crippen LogP contribution in [0.15, 0.2) is 36.9 Å². The van der Waals surface area contributed by atoms with Crippen molar-refractivity contribution in [1.82, 2.24) is 25.1 Å². The first kappa shape index (κ1) is 21.7. The number of aromatic nitrogens is 4. The Morgan fingerprint density at radius 1 is 1.28 bits per heavy atom. The van der Waals surface area contributed by atoms with Crippen LogP contribution in [0.2, 0.25) is 0 Å². The summed E-state index contributed by atoms with van der Waals surface area (Å²) in [6.07, 6.45) is 8.86. The molecule has 1 aliphatic heterocycles. The molecule has 3 aromatic rings. The summed E-state index contributed by atoms with van der Waals surface area (Å²) < 4.78 is 27.0. The smallest absolute Gasteiger partial charge is 0.251 e. The third-order valence-electron chi connectivity index (χ3n) is 5.35. The summed E-state index contributed by atoms with van der Waals surface area (Å²) in [6.45, 7) is 1.43. The number of benzene rings is 1. The van der Waals surface area contributed by atoms with Crippen molar-refractivity contribution in [2.24, 2.45) is 0 Å². The van der Waals surface area contributed by atoms with E-state index < -0.39 is 5.82 Å². The van der Waals surface area contributed by atoms with Crippen LogP contribution < -0.4 is 15.4 Å². The van der Waals surface area contributed by atoms with Crippen LogP contribution >= 0.6 is 0 Å². The second-order valence-electron chi connectivity index (χ2n) is 7.50. The third-order valence-corrected chi connectivity index (χ3v) is 5.35. The van der Waals surface area contributed by atoms with Crippen LogP contribution in [0.5, 0.6) is 5.75 Å². The minimum Gasteiger partial charge on any atom is -0.494 e. The van der Waals surface area contributed by atoms with Gasteiger partial charge in [0.25, 0.3) is 5.91 Å². The number of hydrogen-bond acceptors (Lipinski definition) is 7. The second-order valence-corrected chi connectivity index (χ2v) is 7.50. The molecule has 1 unspecified atom stereocenters. The Kier molecular flexibility index (Phi) is 6.60. The highest BCUT2D eigenvalue weighted by molar-refractivity contribution is 5.94. The van der Waals surface area contributed by atoms with Crippen molar-refractivity contribution >= 4 is 17.5 Å². The Bertz CT molecular complexity index is 1080. The Morgan fingerprint density at radius 2 is 2.09 bits per heavy atom. The number of amides is 1. The SMILES string of the molecule is CNC(=O)c1cc(CCc2cnc(Nc3cnn(C4CCOC4)c3)nc2)c(F)c(OC)c1. The molecule has 0 aliphatic carbocycles. The van der Waals surface area contributed by atoms with E-state index in [1.807, 2.05) is 10.9 Å². The molecule has 2 N–H and O–H groups in total. The van der Waals surface area contributed by atoms with Gasteiger partial charge in [-0.2, -0.15) is 5.10 Å². The van der Waals surface area contributed by atoms with Gasteiger partial charge < -0.3 is 20.1 Å². The Hall–Kier alpha value is -3.53. The van der Waals surface area contributed by atoms with Gasteiger partial charge in [0.2, 0.25) is 5.95 Å². The molecule has 1 aliphatic rings. The van der Waals surface area contributed by atoms with Crippen LogP contribution in [0.1, 0.15) is 33.9 Å². The maximum atomic E-state index is 14.6. The summed E-state index contributed by atoms with van der Waals surface area (Å²) in [7, 11) is 2.90. The lowest BCUT2D eigenvalue weighted by Gasteiger charge is -2.11. The number of rotatable bonds is 8. The average Bonchev–Trinajstić information content (AvgIpc) is 3.51. The fourth-order valence-corrected chi connectivity index (χ4v) is 3.55. The largest absolute Gasteiger partial charge is 0.494 e. The van der Waals surface area contributed by atoms with Gasteiger partial charge in [-0.15, -0.1) is 0 Å². The zero-order valence-corrected chi connectivity index (χ0v) is 18.0. The van der Waals surface area contributed by atoms with E-state index in [-0.39, 0.29) is 17.7 Å². The molecule has 1 amide bonds. The summed E-state index contributed by atoms with van der Waals surface area (Å²) in [4.78, 5) is 20.6. The van der Waals surface area contributed by atoms with Crippen molar-refractivity contribution in [3.8, 4) is 5.75 Å². The van der Waals surface area contributed by atoms with Crippen LogP contribution in [0.3, 0.4) is 0 Å². The molecule has 0 bridgehead atoms. The fraction of sp³-hybridized carbons (Fsp3) is 0.364. The highest BCUT2D eigenvalue weighted by atomic mass is 19.1. The lowest BCUT2D eigenvalue weighted by molar-refractivity contribution is 0.0962. The molecule has 0 saturated carbocycles. The third kappa shape index (κ3) is 4.86. The van der Waals surface area contributed by atoms with Crippen molar-refractivity contribution in [1.29, 1.82) is 0 Å². The van der Waals surface area contributed by atoms with Crippen molar-refractivity contribution < 1.29 is 18.7 Å². The van der Waals surface area contributed by atoms with Crippen molar-refractivity contribution in [2.75, 3.05) is 32.7 Å². The van der Waals surface area contributed by atoms with Gasteiger partial charge in [-0.05, 0) is 42.5 Å². The Balaban J connectivity index is 1.39. The summed E-state index contributed by atoms with van der Waals surface area (Å²) in [5, 5.41) is 10.0. The number of hydrogen-bond donors (Lipinski definition) is 2. The zero-order chi connectivity index (χ0) is 22.5. The predicted octanol–water partition coefficient (Wildman–Crippen LogP) is 2.67. The number of methoxy groups -OCH3 is 1. The normalized spacial score (nSPS) is 15.5. The average molecular weight is 440 g/mol. The molecule has 168 valence electrons. The minimum absolute atomic E-state index is 0.0432. The number of carbonyl (C=O) groups is 1. The first-order valence-electron chi connectivity index (χ1n) is 10.4. The molecule has 1 aromatic carbocycles. The van der Waals surface area contributed by atoms with Crippen LogP contribution in [-0.2, 0) is 17.6 Å². The Labute approximate surface area is 185 Å².